The normalized spacial score (nSPS) is 16.0. The first-order valence-corrected chi connectivity index (χ1v) is 36.9. The van der Waals surface area contributed by atoms with Crippen molar-refractivity contribution >= 4 is 151 Å². The fraction of sp³-hybridized carbons (Fsp3) is 0. The number of nitrogens with zero attached hydrogens (tertiary/aromatic N) is 8. The van der Waals surface area contributed by atoms with Gasteiger partial charge in [0.2, 0.25) is 11.9 Å². The van der Waals surface area contributed by atoms with Crippen LogP contribution in [-0.4, -0.2) is 39.0 Å². The molecular weight excluding hydrogens is 1430 g/mol. The summed E-state index contributed by atoms with van der Waals surface area (Å²) in [4.78, 5) is 29.2. The molecule has 10 nitrogen and oxygen atoms in total. The van der Waals surface area contributed by atoms with Gasteiger partial charge in [-0.25, -0.2) is 9.97 Å². The van der Waals surface area contributed by atoms with Crippen molar-refractivity contribution in [2.45, 2.75) is 0 Å². The molecule has 0 aliphatic heterocycles. The van der Waals surface area contributed by atoms with Gasteiger partial charge in [0.15, 0.2) is 23.3 Å². The SMILES string of the molecule is [2H]c1c([2H])c([2H])c(-c2c([2H])c([2H])c([2H])c3oc4c([2H])c(-c5nc(-c6ccccc6)nc(-n6c7c([2H])c([2H])c([2H])c([2H])c7c7c8c(sc9c(-c%10ccccc%10)c([2H])c([2H])c([2H])c98)c([2H])c([2H])c76)n5)c([2H])c([2H])c4c23)c([2H])c1[2H].[2H]c1c([2H])c([2H])c(-c2cccc3oc4cc(-c5nc(-c6ccccc6)nc(-n6c7c([2H])c([2H])c([2H])c([2H])c7c7c8c(sc9c([2H])c([2H])c([2H])c([2H])c98)c(-c8ccccc8)c([2H])c76)n5)ccc4c23)c([2H])c1[2H]. The Morgan fingerprint density at radius 1 is 0.246 bits per heavy atom. The van der Waals surface area contributed by atoms with Gasteiger partial charge >= 0.3 is 0 Å². The molecule has 532 valence electrons. The summed E-state index contributed by atoms with van der Waals surface area (Å²) < 4.78 is 322. The molecule has 0 bridgehead atoms. The molecule has 0 spiro atoms. The zero-order chi connectivity index (χ0) is 104. The molecule has 12 heteroatoms. The molecule has 0 aliphatic carbocycles. The molecule has 8 heterocycles. The van der Waals surface area contributed by atoms with E-state index in [1.165, 1.54) is 4.57 Å². The van der Waals surface area contributed by atoms with Crippen LogP contribution in [0.1, 0.15) is 46.6 Å². The molecule has 0 aliphatic rings. The molecule has 0 atom stereocenters. The number of para-hydroxylation sites is 2. The van der Waals surface area contributed by atoms with E-state index >= 15 is 0 Å². The van der Waals surface area contributed by atoms with Gasteiger partial charge in [0, 0.05) is 111 Å². The van der Waals surface area contributed by atoms with Gasteiger partial charge in [0.1, 0.15) is 22.3 Å². The van der Waals surface area contributed by atoms with Gasteiger partial charge in [-0.05, 0) is 112 Å². The average molecular weight is 1530 g/mol. The molecule has 0 saturated heterocycles. The minimum Gasteiger partial charge on any atom is -0.456 e. The number of rotatable bonds is 10. The lowest BCUT2D eigenvalue weighted by Gasteiger charge is -2.12. The zero-order valence-corrected chi connectivity index (χ0v) is 59.9. The lowest BCUT2D eigenvalue weighted by atomic mass is 9.98. The number of furan rings is 2. The van der Waals surface area contributed by atoms with E-state index in [1.54, 1.807) is 146 Å². The third-order valence-corrected chi connectivity index (χ3v) is 22.0. The van der Waals surface area contributed by atoms with Crippen molar-refractivity contribution in [2.24, 2.45) is 0 Å². The maximum Gasteiger partial charge on any atom is 0.238 e. The van der Waals surface area contributed by atoms with Crippen molar-refractivity contribution in [3.05, 3.63) is 363 Å². The Hall–Kier alpha value is -14.8. The fourth-order valence-electron chi connectivity index (χ4n) is 14.8. The van der Waals surface area contributed by atoms with Crippen LogP contribution >= 0.6 is 22.7 Å². The van der Waals surface area contributed by atoms with E-state index in [-0.39, 0.29) is 156 Å². The maximum absolute atomic E-state index is 10.2. The highest BCUT2D eigenvalue weighted by molar-refractivity contribution is 7.27. The number of fused-ring (bicyclic) bond motifs is 20. The lowest BCUT2D eigenvalue weighted by Crippen LogP contribution is -2.06. The van der Waals surface area contributed by atoms with E-state index in [2.05, 4.69) is 4.98 Å². The topological polar surface area (TPSA) is 113 Å². The van der Waals surface area contributed by atoms with Crippen molar-refractivity contribution < 1.29 is 55.4 Å². The van der Waals surface area contributed by atoms with Crippen LogP contribution in [0.3, 0.4) is 0 Å². The largest absolute Gasteiger partial charge is 0.456 e. The van der Waals surface area contributed by atoms with Crippen LogP contribution in [0.5, 0.6) is 0 Å². The lowest BCUT2D eigenvalue weighted by molar-refractivity contribution is 0.668. The van der Waals surface area contributed by atoms with Crippen molar-refractivity contribution in [1.82, 2.24) is 39.0 Å². The minimum atomic E-state index is -0.773. The fourth-order valence-corrected chi connectivity index (χ4v) is 17.1. The molecule has 0 unspecified atom stereocenters. The van der Waals surface area contributed by atoms with E-state index in [1.807, 2.05) is 12.1 Å². The second-order valence-electron chi connectivity index (χ2n) is 26.1. The van der Waals surface area contributed by atoms with Crippen LogP contribution < -0.4 is 0 Å². The summed E-state index contributed by atoms with van der Waals surface area (Å²) in [5.74, 6) is -0.947. The Labute approximate surface area is 707 Å². The van der Waals surface area contributed by atoms with E-state index in [4.69, 9.17) is 63.9 Å². The third kappa shape index (κ3) is 10.6. The highest BCUT2D eigenvalue weighted by Gasteiger charge is 2.27. The second kappa shape index (κ2) is 26.5. The quantitative estimate of drug-likeness (QED) is 0.133. The Kier molecular flexibility index (Phi) is 9.22. The van der Waals surface area contributed by atoms with Gasteiger partial charge in [-0.3, -0.25) is 9.13 Å². The van der Waals surface area contributed by atoms with Crippen LogP contribution in [-0.2, 0) is 0 Å². The molecule has 114 heavy (non-hydrogen) atoms. The Morgan fingerprint density at radius 2 is 0.772 bits per heavy atom. The highest BCUT2D eigenvalue weighted by atomic mass is 32.1. The van der Waals surface area contributed by atoms with Crippen molar-refractivity contribution in [1.29, 1.82) is 0 Å². The van der Waals surface area contributed by atoms with Crippen LogP contribution in [0.4, 0.5) is 0 Å². The molecule has 24 rings (SSSR count). The molecule has 0 radical (unpaired) electrons. The van der Waals surface area contributed by atoms with Crippen molar-refractivity contribution in [3.63, 3.8) is 0 Å². The smallest absolute Gasteiger partial charge is 0.238 e. The monoisotopic (exact) mass is 1530 g/mol. The van der Waals surface area contributed by atoms with Crippen LogP contribution in [0.15, 0.2) is 372 Å². The Bertz CT molecular complexity index is 10100. The number of hydrogen-bond donors (Lipinski definition) is 0. The molecule has 0 saturated carbocycles. The van der Waals surface area contributed by atoms with Crippen LogP contribution in [0.25, 0.3) is 230 Å². The summed E-state index contributed by atoms with van der Waals surface area (Å²) in [6, 6.07) is 26.6. The van der Waals surface area contributed by atoms with Crippen LogP contribution in [0, 0.1) is 0 Å². The predicted octanol–water partition coefficient (Wildman–Crippen LogP) is 27.8. The van der Waals surface area contributed by atoms with E-state index in [0.29, 0.717) is 70.3 Å². The van der Waals surface area contributed by atoms with Gasteiger partial charge in [-0.2, -0.15) is 19.9 Å². The zero-order valence-electron chi connectivity index (χ0n) is 92.2. The first-order chi connectivity index (χ1) is 70.7. The third-order valence-electron chi connectivity index (χ3n) is 19.7. The highest BCUT2D eigenvalue weighted by Crippen LogP contribution is 2.50. The van der Waals surface area contributed by atoms with Crippen molar-refractivity contribution in [2.75, 3.05) is 0 Å². The van der Waals surface area contributed by atoms with Gasteiger partial charge < -0.3 is 8.83 Å². The van der Waals surface area contributed by atoms with Crippen LogP contribution in [0.2, 0.25) is 0 Å². The van der Waals surface area contributed by atoms with Gasteiger partial charge in [0.25, 0.3) is 0 Å². The summed E-state index contributed by atoms with van der Waals surface area (Å²) >= 11 is 2.09. The summed E-state index contributed by atoms with van der Waals surface area (Å²) in [5, 5.41) is 0.955. The standard InChI is InChI=1S/2C51H30N4OS/c1-4-15-31(16-5-1)35-23-14-25-42-45(35)37-28-27-34(29-43(37)56-42)50-52-49(33-19-8-3-9-20-33)53-51(54-50)55-40-24-12-10-21-36(40)46-41(55)30-39(32-17-6-2-7-18-32)48-47(46)38-22-11-13-26-44(38)57-48;1-4-14-31(15-5-1)35-21-13-25-42-45(35)38-27-26-34(30-43(38)56-42)50-52-49(33-18-8-3-9-19-33)53-51(54-50)55-40-24-11-10-20-37(40)46-41(55)28-29-44-47(46)39-23-12-22-36(48(39)57-44)32-16-6-2-7-17-32/h2*1-30H/i1D,4D,5D,10D,11D,12D,13D,15D,16D,21D,22D,24D,26D,30D;1D,4D,5D,10D,11D,12D,13D,14D,15D,20D,21D,22D,23D,24D,25D,26D,27D,28D,29D,30D. The molecule has 0 N–H and O–H groups in total. The molecule has 24 aromatic rings. The predicted molar refractivity (Wildman–Crippen MR) is 472 cm³/mol. The molecule has 8 aromatic heterocycles. The van der Waals surface area contributed by atoms with Gasteiger partial charge in [-0.1, -0.05) is 291 Å². The molecular formula is C102H60N8O2S2. The average Bonchev–Trinajstić information content (AvgIpc) is 1.51. The van der Waals surface area contributed by atoms with E-state index < -0.39 is 209 Å². The number of hydrogen-bond acceptors (Lipinski definition) is 10. The maximum atomic E-state index is 10.2. The summed E-state index contributed by atoms with van der Waals surface area (Å²) in [5.41, 5.74) is 1.16. The molecule has 16 aromatic carbocycles. The molecule has 0 fully saturated rings. The minimum absolute atomic E-state index is 0.00180. The Morgan fingerprint density at radius 3 is 1.45 bits per heavy atom. The first kappa shape index (κ1) is 39.7. The van der Waals surface area contributed by atoms with E-state index in [9.17, 15) is 16.4 Å². The molecule has 0 amide bonds. The summed E-state index contributed by atoms with van der Waals surface area (Å²) in [7, 11) is 0. The van der Waals surface area contributed by atoms with Gasteiger partial charge in [0.05, 0.1) is 68.7 Å². The first-order valence-electron chi connectivity index (χ1n) is 52.3. The summed E-state index contributed by atoms with van der Waals surface area (Å²) in [6.07, 6.45) is 0. The number of thiophene rings is 2. The number of aromatic nitrogens is 8. The Balaban J connectivity index is 0.000000163. The van der Waals surface area contributed by atoms with Crippen molar-refractivity contribution in [3.8, 4) is 102 Å². The summed E-state index contributed by atoms with van der Waals surface area (Å²) in [6.45, 7) is 0. The van der Waals surface area contributed by atoms with E-state index in [0.717, 1.165) is 27.2 Å². The van der Waals surface area contributed by atoms with Gasteiger partial charge in [-0.15, -0.1) is 22.7 Å². The second-order valence-corrected chi connectivity index (χ2v) is 28.2. The number of benzene rings is 16.